The Balaban J connectivity index is 1.51. The Morgan fingerprint density at radius 2 is 2.00 bits per heavy atom. The molecule has 2 aliphatic heterocycles. The first-order valence-corrected chi connectivity index (χ1v) is 11.0. The van der Waals surface area contributed by atoms with Crippen LogP contribution in [0, 0.1) is 19.3 Å². The molecule has 0 spiro atoms. The molecule has 1 aromatic carbocycles. The number of hydrogen-bond donors (Lipinski definition) is 1. The van der Waals surface area contributed by atoms with E-state index in [0.717, 1.165) is 34.0 Å². The highest BCUT2D eigenvalue weighted by Gasteiger charge is 2.36. The van der Waals surface area contributed by atoms with Gasteiger partial charge in [0.1, 0.15) is 10.8 Å². The molecule has 0 atom stereocenters. The summed E-state index contributed by atoms with van der Waals surface area (Å²) in [6, 6.07) is 13.5. The lowest BCUT2D eigenvalue weighted by Gasteiger charge is -2.20. The lowest BCUT2D eigenvalue weighted by atomic mass is 10.1. The van der Waals surface area contributed by atoms with E-state index in [0.29, 0.717) is 10.2 Å². The molecule has 1 amide bonds. The van der Waals surface area contributed by atoms with Crippen LogP contribution in [0.2, 0.25) is 0 Å². The van der Waals surface area contributed by atoms with Crippen LogP contribution >= 0.6 is 11.8 Å². The predicted molar refractivity (Wildman–Crippen MR) is 130 cm³/mol. The monoisotopic (exact) mass is 456 g/mol. The van der Waals surface area contributed by atoms with Gasteiger partial charge in [-0.15, -0.1) is 0 Å². The number of rotatable bonds is 4. The van der Waals surface area contributed by atoms with Crippen LogP contribution in [0.4, 0.5) is 0 Å². The number of methoxy groups -OCH3 is 1. The first-order chi connectivity index (χ1) is 16.0. The number of carbonyl (C=O) groups is 1. The largest absolute Gasteiger partial charge is 0.497 e. The van der Waals surface area contributed by atoms with Crippen LogP contribution in [0.1, 0.15) is 22.5 Å². The molecular formula is C24H20N6O2S. The smallest absolute Gasteiger partial charge is 0.283 e. The van der Waals surface area contributed by atoms with Crippen LogP contribution in [0.15, 0.2) is 70.5 Å². The third-order valence-electron chi connectivity index (χ3n) is 5.44. The van der Waals surface area contributed by atoms with Crippen LogP contribution in [0.3, 0.4) is 0 Å². The zero-order chi connectivity index (χ0) is 23.1. The third kappa shape index (κ3) is 3.66. The van der Waals surface area contributed by atoms with E-state index >= 15 is 0 Å². The van der Waals surface area contributed by atoms with Crippen molar-refractivity contribution in [3.8, 4) is 11.4 Å². The van der Waals surface area contributed by atoms with Crippen LogP contribution in [0.25, 0.3) is 11.8 Å². The molecule has 2 aliphatic rings. The molecule has 33 heavy (non-hydrogen) atoms. The normalized spacial score (nSPS) is 16.7. The molecule has 0 unspecified atom stereocenters. The van der Waals surface area contributed by atoms with E-state index in [1.165, 1.54) is 16.8 Å². The molecule has 5 rings (SSSR count). The molecule has 2 aromatic heterocycles. The molecule has 0 fully saturated rings. The molecule has 1 N–H and O–H groups in total. The van der Waals surface area contributed by atoms with Crippen molar-refractivity contribution >= 4 is 39.8 Å². The van der Waals surface area contributed by atoms with E-state index in [4.69, 9.17) is 10.1 Å². The van der Waals surface area contributed by atoms with Gasteiger partial charge in [-0.25, -0.2) is 0 Å². The average Bonchev–Trinajstić information content (AvgIpc) is 3.37. The van der Waals surface area contributed by atoms with Crippen molar-refractivity contribution < 1.29 is 9.53 Å². The number of pyridine rings is 1. The maximum absolute atomic E-state index is 12.8. The van der Waals surface area contributed by atoms with Gasteiger partial charge >= 0.3 is 0 Å². The Morgan fingerprint density at radius 1 is 1.15 bits per heavy atom. The molecule has 0 saturated carbocycles. The second kappa shape index (κ2) is 8.18. The lowest BCUT2D eigenvalue weighted by molar-refractivity contribution is -0.114. The van der Waals surface area contributed by atoms with Gasteiger partial charge in [-0.2, -0.15) is 15.1 Å². The number of amides is 1. The quantitative estimate of drug-likeness (QED) is 0.595. The van der Waals surface area contributed by atoms with Gasteiger partial charge in [-0.1, -0.05) is 6.07 Å². The van der Waals surface area contributed by atoms with Gasteiger partial charge in [0, 0.05) is 41.1 Å². The second-order valence-electron chi connectivity index (χ2n) is 7.53. The number of aliphatic imine (C=N–C) groups is 1. The van der Waals surface area contributed by atoms with E-state index in [9.17, 15) is 4.79 Å². The van der Waals surface area contributed by atoms with Crippen LogP contribution in [0.5, 0.6) is 5.75 Å². The Morgan fingerprint density at radius 3 is 2.76 bits per heavy atom. The molecule has 0 saturated heterocycles. The van der Waals surface area contributed by atoms with E-state index in [-0.39, 0.29) is 11.4 Å². The standard InChI is InChI=1S/C24H20N6O2S/c1-14-10-17(15(2)29(14)18-7-4-8-19(12-18)32-3)11-20-21(25)30-24(27-22(20)31)33-23(28-30)16-6-5-9-26-13-16/h4-13,25H,1-3H3. The number of hydrogen-bond acceptors (Lipinski definition) is 6. The summed E-state index contributed by atoms with van der Waals surface area (Å²) in [6.07, 6.45) is 5.09. The Bertz CT molecular complexity index is 1390. The van der Waals surface area contributed by atoms with Gasteiger partial charge in [0.05, 0.1) is 12.7 Å². The highest BCUT2D eigenvalue weighted by Crippen LogP contribution is 2.32. The molecule has 4 heterocycles. The summed E-state index contributed by atoms with van der Waals surface area (Å²) in [6.45, 7) is 3.98. The van der Waals surface area contributed by atoms with Gasteiger partial charge in [0.2, 0.25) is 5.17 Å². The van der Waals surface area contributed by atoms with Crippen molar-refractivity contribution in [2.75, 3.05) is 7.11 Å². The summed E-state index contributed by atoms with van der Waals surface area (Å²) in [7, 11) is 1.64. The number of nitrogens with zero attached hydrogens (tertiary/aromatic N) is 5. The topological polar surface area (TPSA) is 95.9 Å². The van der Waals surface area contributed by atoms with Crippen LogP contribution in [-0.4, -0.2) is 43.6 Å². The molecule has 3 aromatic rings. The number of amidine groups is 2. The minimum absolute atomic E-state index is 0.00238. The molecular weight excluding hydrogens is 436 g/mol. The highest BCUT2D eigenvalue weighted by atomic mass is 32.2. The Kier molecular flexibility index (Phi) is 5.18. The van der Waals surface area contributed by atoms with E-state index in [1.54, 1.807) is 25.6 Å². The zero-order valence-corrected chi connectivity index (χ0v) is 19.1. The molecule has 164 valence electrons. The van der Waals surface area contributed by atoms with Crippen molar-refractivity contribution in [1.82, 2.24) is 14.6 Å². The highest BCUT2D eigenvalue weighted by molar-refractivity contribution is 8.27. The lowest BCUT2D eigenvalue weighted by Crippen LogP contribution is -2.35. The molecule has 9 heteroatoms. The fraction of sp³-hybridized carbons (Fsp3) is 0.125. The third-order valence-corrected chi connectivity index (χ3v) is 6.40. The first kappa shape index (κ1) is 20.9. The van der Waals surface area contributed by atoms with Gasteiger partial charge < -0.3 is 9.30 Å². The number of benzene rings is 1. The predicted octanol–water partition coefficient (Wildman–Crippen LogP) is 4.17. The summed E-state index contributed by atoms with van der Waals surface area (Å²) in [4.78, 5) is 21.1. The van der Waals surface area contributed by atoms with E-state index < -0.39 is 5.91 Å². The van der Waals surface area contributed by atoms with Crippen molar-refractivity contribution in [3.63, 3.8) is 0 Å². The number of fused-ring (bicyclic) bond motifs is 1. The molecule has 0 aliphatic carbocycles. The van der Waals surface area contributed by atoms with Crippen molar-refractivity contribution in [1.29, 1.82) is 5.41 Å². The fourth-order valence-electron chi connectivity index (χ4n) is 3.83. The van der Waals surface area contributed by atoms with Crippen LogP contribution < -0.4 is 4.74 Å². The second-order valence-corrected chi connectivity index (χ2v) is 8.49. The Labute approximate surface area is 194 Å². The number of thioether (sulfide) groups is 1. The summed E-state index contributed by atoms with van der Waals surface area (Å²) in [5.74, 6) is 0.315. The minimum atomic E-state index is -0.451. The summed E-state index contributed by atoms with van der Waals surface area (Å²) < 4.78 is 7.44. The van der Waals surface area contributed by atoms with Crippen molar-refractivity contribution in [2.24, 2.45) is 10.1 Å². The summed E-state index contributed by atoms with van der Waals surface area (Å²) >= 11 is 1.26. The van der Waals surface area contributed by atoms with E-state index in [1.807, 2.05) is 56.3 Å². The van der Waals surface area contributed by atoms with Crippen LogP contribution in [-0.2, 0) is 4.79 Å². The number of aryl methyl sites for hydroxylation is 1. The number of carbonyl (C=O) groups excluding carboxylic acids is 1. The van der Waals surface area contributed by atoms with Crippen molar-refractivity contribution in [2.45, 2.75) is 13.8 Å². The zero-order valence-electron chi connectivity index (χ0n) is 18.2. The molecule has 0 radical (unpaired) electrons. The number of ether oxygens (including phenoxy) is 1. The van der Waals surface area contributed by atoms with Crippen molar-refractivity contribution in [3.05, 3.63) is 82.9 Å². The summed E-state index contributed by atoms with van der Waals surface area (Å²) in [5.41, 5.74) is 4.75. The van der Waals surface area contributed by atoms with Gasteiger partial charge in [-0.3, -0.25) is 15.2 Å². The average molecular weight is 457 g/mol. The number of nitrogens with one attached hydrogen (secondary N) is 1. The van der Waals surface area contributed by atoms with Gasteiger partial charge in [0.15, 0.2) is 5.84 Å². The number of hydrazone groups is 1. The maximum atomic E-state index is 12.8. The van der Waals surface area contributed by atoms with Gasteiger partial charge in [0.25, 0.3) is 5.91 Å². The number of aromatic nitrogens is 2. The first-order valence-electron chi connectivity index (χ1n) is 10.2. The maximum Gasteiger partial charge on any atom is 0.283 e. The Hall–Kier alpha value is -3.98. The minimum Gasteiger partial charge on any atom is -0.497 e. The SMILES string of the molecule is COc1cccc(-n2c(C)cc(C=C3C(=N)N4N=C(c5cccnc5)SC4=NC3=O)c2C)c1. The molecule has 8 nitrogen and oxygen atoms in total. The summed E-state index contributed by atoms with van der Waals surface area (Å²) in [5, 5.41) is 15.6. The van der Waals surface area contributed by atoms with Gasteiger partial charge in [-0.05, 0) is 67.6 Å². The molecule has 0 bridgehead atoms. The van der Waals surface area contributed by atoms with E-state index in [2.05, 4.69) is 19.6 Å². The fourth-order valence-corrected chi connectivity index (χ4v) is 4.72.